The fraction of sp³-hybridized carbons (Fsp3) is 0.688. The van der Waals surface area contributed by atoms with E-state index in [1.807, 2.05) is 39.5 Å². The number of thiazole rings is 1. The van der Waals surface area contributed by atoms with Gasteiger partial charge in [0.2, 0.25) is 0 Å². The van der Waals surface area contributed by atoms with Crippen molar-refractivity contribution in [1.29, 1.82) is 0 Å². The van der Waals surface area contributed by atoms with Crippen LogP contribution in [0.15, 0.2) is 4.99 Å². The third-order valence-corrected chi connectivity index (χ3v) is 4.57. The summed E-state index contributed by atoms with van der Waals surface area (Å²) in [5, 5.41) is 1.04. The highest BCUT2D eigenvalue weighted by Crippen LogP contribution is 2.17. The number of nitrogens with two attached hydrogens (primary N) is 1. The lowest BCUT2D eigenvalue weighted by molar-refractivity contribution is 0.0186. The monoisotopic (exact) mass is 481 g/mol. The highest BCUT2D eigenvalue weighted by atomic mass is 127. The number of piperazine rings is 1. The van der Waals surface area contributed by atoms with Gasteiger partial charge in [-0.3, -0.25) is 0 Å². The lowest BCUT2D eigenvalue weighted by Gasteiger charge is -2.36. The predicted octanol–water partition coefficient (Wildman–Crippen LogP) is 2.75. The van der Waals surface area contributed by atoms with Crippen LogP contribution in [0.25, 0.3) is 0 Å². The molecule has 2 rings (SSSR count). The summed E-state index contributed by atoms with van der Waals surface area (Å²) in [4.78, 5) is 25.9. The van der Waals surface area contributed by atoms with Gasteiger partial charge in [0.05, 0.1) is 17.2 Å². The molecule has 2 N–H and O–H groups in total. The first-order valence-electron chi connectivity index (χ1n) is 8.11. The summed E-state index contributed by atoms with van der Waals surface area (Å²) >= 11 is 1.67. The normalized spacial score (nSPS) is 15.8. The summed E-state index contributed by atoms with van der Waals surface area (Å²) in [6.07, 6.45) is -0.272. The molecule has 0 bridgehead atoms. The van der Waals surface area contributed by atoms with Gasteiger partial charge in [-0.05, 0) is 34.6 Å². The van der Waals surface area contributed by atoms with Gasteiger partial charge >= 0.3 is 6.09 Å². The summed E-state index contributed by atoms with van der Waals surface area (Å²) in [5.74, 6) is 0.504. The van der Waals surface area contributed by atoms with E-state index < -0.39 is 5.60 Å². The first kappa shape index (κ1) is 21.9. The van der Waals surface area contributed by atoms with E-state index in [2.05, 4.69) is 9.98 Å². The number of halogens is 1. The van der Waals surface area contributed by atoms with Crippen molar-refractivity contribution >= 4 is 47.4 Å². The van der Waals surface area contributed by atoms with E-state index >= 15 is 0 Å². The lowest BCUT2D eigenvalue weighted by Crippen LogP contribution is -2.53. The van der Waals surface area contributed by atoms with E-state index in [-0.39, 0.29) is 30.1 Å². The molecule has 1 saturated heterocycles. The van der Waals surface area contributed by atoms with Crippen LogP contribution in [0, 0.1) is 13.8 Å². The van der Waals surface area contributed by atoms with Crippen LogP contribution in [0.4, 0.5) is 4.79 Å². The summed E-state index contributed by atoms with van der Waals surface area (Å²) in [6, 6.07) is 0. The van der Waals surface area contributed by atoms with Crippen LogP contribution >= 0.6 is 35.3 Å². The van der Waals surface area contributed by atoms with Gasteiger partial charge in [0, 0.05) is 31.1 Å². The van der Waals surface area contributed by atoms with Crippen LogP contribution in [0.5, 0.6) is 0 Å². The summed E-state index contributed by atoms with van der Waals surface area (Å²) in [6.45, 7) is 12.6. The van der Waals surface area contributed by atoms with Gasteiger partial charge in [-0.25, -0.2) is 14.8 Å². The molecule has 0 saturated carbocycles. The predicted molar refractivity (Wildman–Crippen MR) is 112 cm³/mol. The molecule has 1 aromatic rings. The Morgan fingerprint density at radius 3 is 2.28 bits per heavy atom. The number of carbonyl (C=O) groups excluding carboxylic acids is 1. The summed E-state index contributed by atoms with van der Waals surface area (Å²) < 4.78 is 5.39. The number of nitrogens with zero attached hydrogens (tertiary/aromatic N) is 4. The van der Waals surface area contributed by atoms with Gasteiger partial charge < -0.3 is 20.3 Å². The molecule has 142 valence electrons. The Morgan fingerprint density at radius 2 is 1.80 bits per heavy atom. The van der Waals surface area contributed by atoms with Crippen molar-refractivity contribution in [3.05, 3.63) is 15.6 Å². The maximum absolute atomic E-state index is 12.1. The minimum absolute atomic E-state index is 0. The fourth-order valence-electron chi connectivity index (χ4n) is 2.42. The molecular weight excluding hydrogens is 453 g/mol. The molecule has 25 heavy (non-hydrogen) atoms. The van der Waals surface area contributed by atoms with Crippen LogP contribution in [0.3, 0.4) is 0 Å². The zero-order chi connectivity index (χ0) is 17.9. The van der Waals surface area contributed by atoms with Gasteiger partial charge in [0.15, 0.2) is 5.96 Å². The maximum Gasteiger partial charge on any atom is 0.410 e. The minimum atomic E-state index is -0.474. The smallest absolute Gasteiger partial charge is 0.410 e. The van der Waals surface area contributed by atoms with Crippen LogP contribution < -0.4 is 5.73 Å². The zero-order valence-corrected chi connectivity index (χ0v) is 18.7. The molecule has 9 heteroatoms. The van der Waals surface area contributed by atoms with Crippen molar-refractivity contribution in [2.45, 2.75) is 46.8 Å². The highest BCUT2D eigenvalue weighted by Gasteiger charge is 2.26. The number of hydrogen-bond acceptors (Lipinski definition) is 5. The van der Waals surface area contributed by atoms with Crippen molar-refractivity contribution < 1.29 is 9.53 Å². The standard InChI is InChI=1S/C16H27N5O2S.HI/c1-11-13(19-12(2)24-11)10-18-14(17)20-6-8-21(9-7-20)15(22)23-16(3,4)5;/h6-10H2,1-5H3,(H2,17,18);1H. The molecule has 1 amide bonds. The molecule has 0 radical (unpaired) electrons. The number of aryl methyl sites for hydroxylation is 2. The first-order valence-corrected chi connectivity index (χ1v) is 8.93. The van der Waals surface area contributed by atoms with Gasteiger partial charge in [-0.2, -0.15) is 0 Å². The molecule has 7 nitrogen and oxygen atoms in total. The van der Waals surface area contributed by atoms with Gasteiger partial charge in [0.1, 0.15) is 5.60 Å². The van der Waals surface area contributed by atoms with Gasteiger partial charge in [-0.1, -0.05) is 0 Å². The Morgan fingerprint density at radius 1 is 1.24 bits per heavy atom. The van der Waals surface area contributed by atoms with Crippen LogP contribution in [-0.2, 0) is 11.3 Å². The largest absolute Gasteiger partial charge is 0.444 e. The molecule has 1 aliphatic rings. The Kier molecular flexibility index (Phi) is 7.91. The van der Waals surface area contributed by atoms with Gasteiger partial charge in [-0.15, -0.1) is 35.3 Å². The van der Waals surface area contributed by atoms with E-state index in [0.717, 1.165) is 10.7 Å². The highest BCUT2D eigenvalue weighted by molar-refractivity contribution is 14.0. The Labute approximate surface area is 170 Å². The molecule has 1 fully saturated rings. The van der Waals surface area contributed by atoms with Gasteiger partial charge in [0.25, 0.3) is 0 Å². The molecular formula is C16H28IN5O2S. The van der Waals surface area contributed by atoms with E-state index in [1.54, 1.807) is 16.2 Å². The van der Waals surface area contributed by atoms with E-state index in [4.69, 9.17) is 10.5 Å². The Balaban J connectivity index is 0.00000312. The molecule has 0 aromatic carbocycles. The second-order valence-electron chi connectivity index (χ2n) is 6.86. The van der Waals surface area contributed by atoms with Crippen molar-refractivity contribution in [1.82, 2.24) is 14.8 Å². The van der Waals surface area contributed by atoms with Crippen LogP contribution in [-0.4, -0.2) is 58.6 Å². The van der Waals surface area contributed by atoms with Crippen LogP contribution in [0.2, 0.25) is 0 Å². The molecule has 1 aromatic heterocycles. The second-order valence-corrected chi connectivity index (χ2v) is 8.27. The maximum atomic E-state index is 12.1. The lowest BCUT2D eigenvalue weighted by atomic mass is 10.2. The fourth-order valence-corrected chi connectivity index (χ4v) is 3.25. The van der Waals surface area contributed by atoms with Crippen molar-refractivity contribution in [3.8, 4) is 0 Å². The Hall–Kier alpha value is -1.10. The molecule has 0 unspecified atom stereocenters. The number of amides is 1. The molecule has 0 aliphatic carbocycles. The third-order valence-electron chi connectivity index (χ3n) is 3.65. The summed E-state index contributed by atoms with van der Waals surface area (Å²) in [5.41, 5.74) is 6.60. The SMILES string of the molecule is Cc1nc(CN=C(N)N2CCN(C(=O)OC(C)(C)C)CC2)c(C)s1.I. The first-order chi connectivity index (χ1) is 11.2. The molecule has 0 spiro atoms. The number of aliphatic imine (C=N–C) groups is 1. The van der Waals surface area contributed by atoms with E-state index in [1.165, 1.54) is 4.88 Å². The van der Waals surface area contributed by atoms with E-state index in [0.29, 0.717) is 38.7 Å². The quantitative estimate of drug-likeness (QED) is 0.399. The average molecular weight is 481 g/mol. The van der Waals surface area contributed by atoms with E-state index in [9.17, 15) is 4.79 Å². The molecule has 2 heterocycles. The Bertz CT molecular complexity index is 619. The number of aromatic nitrogens is 1. The number of carbonyl (C=O) groups is 1. The topological polar surface area (TPSA) is 84.0 Å². The van der Waals surface area contributed by atoms with Crippen molar-refractivity contribution in [3.63, 3.8) is 0 Å². The second kappa shape index (κ2) is 9.02. The zero-order valence-electron chi connectivity index (χ0n) is 15.5. The number of rotatable bonds is 2. The van der Waals surface area contributed by atoms with Crippen molar-refractivity contribution in [2.24, 2.45) is 10.7 Å². The number of ether oxygens (including phenoxy) is 1. The third kappa shape index (κ3) is 6.61. The molecule has 1 aliphatic heterocycles. The van der Waals surface area contributed by atoms with Crippen molar-refractivity contribution in [2.75, 3.05) is 26.2 Å². The minimum Gasteiger partial charge on any atom is -0.444 e. The average Bonchev–Trinajstić information content (AvgIpc) is 2.81. The van der Waals surface area contributed by atoms with Crippen LogP contribution in [0.1, 0.15) is 36.3 Å². The number of guanidine groups is 1. The summed E-state index contributed by atoms with van der Waals surface area (Å²) in [7, 11) is 0. The number of hydrogen-bond donors (Lipinski definition) is 1. The molecule has 0 atom stereocenters.